The summed E-state index contributed by atoms with van der Waals surface area (Å²) >= 11 is 0. The van der Waals surface area contributed by atoms with Crippen molar-refractivity contribution in [2.75, 3.05) is 13.2 Å². The number of aliphatic hydroxyl groups excluding tert-OH is 2. The van der Waals surface area contributed by atoms with Gasteiger partial charge in [0, 0.05) is 19.1 Å². The third-order valence-electron chi connectivity index (χ3n) is 3.57. The Morgan fingerprint density at radius 2 is 1.85 bits per heavy atom. The molecule has 0 spiro atoms. The first-order chi connectivity index (χ1) is 5.96. The van der Waals surface area contributed by atoms with Crippen LogP contribution in [0.1, 0.15) is 33.1 Å². The van der Waals surface area contributed by atoms with Gasteiger partial charge in [0.15, 0.2) is 0 Å². The Morgan fingerprint density at radius 1 is 1.23 bits per heavy atom. The molecule has 0 unspecified atom stereocenters. The van der Waals surface area contributed by atoms with E-state index in [0.717, 1.165) is 12.8 Å². The molecule has 3 nitrogen and oxygen atoms in total. The molecule has 3 N–H and O–H groups in total. The molecule has 0 heterocycles. The molecule has 3 heteroatoms. The van der Waals surface area contributed by atoms with Crippen molar-refractivity contribution in [3.05, 3.63) is 0 Å². The van der Waals surface area contributed by atoms with Crippen LogP contribution in [0.5, 0.6) is 0 Å². The number of rotatable bonds is 2. The van der Waals surface area contributed by atoms with Crippen molar-refractivity contribution >= 4 is 0 Å². The van der Waals surface area contributed by atoms with Crippen LogP contribution in [0.25, 0.3) is 0 Å². The highest BCUT2D eigenvalue weighted by atomic mass is 16.3. The lowest BCUT2D eigenvalue weighted by molar-refractivity contribution is -0.128. The summed E-state index contributed by atoms with van der Waals surface area (Å²) in [6.45, 7) is 3.67. The lowest BCUT2D eigenvalue weighted by Crippen LogP contribution is -2.51. The van der Waals surface area contributed by atoms with E-state index in [4.69, 9.17) is 0 Å². The van der Waals surface area contributed by atoms with Gasteiger partial charge in [-0.25, -0.2) is 0 Å². The van der Waals surface area contributed by atoms with E-state index >= 15 is 0 Å². The molecule has 1 fully saturated rings. The van der Waals surface area contributed by atoms with Crippen molar-refractivity contribution in [3.8, 4) is 0 Å². The minimum atomic E-state index is -0.829. The van der Waals surface area contributed by atoms with Crippen molar-refractivity contribution in [3.63, 3.8) is 0 Å². The predicted octanol–water partition coefficient (Wildman–Crippen LogP) is 0.528. The standard InChI is InChI=1S/C10H20O3/c1-9(7-12)4-3-5-10(2,13)8(9)6-11/h8,11-13H,3-7H2,1-2H3/t8-,9+,10+/m1/s1. The van der Waals surface area contributed by atoms with Gasteiger partial charge >= 0.3 is 0 Å². The van der Waals surface area contributed by atoms with E-state index < -0.39 is 5.60 Å². The van der Waals surface area contributed by atoms with Gasteiger partial charge in [0.25, 0.3) is 0 Å². The highest BCUT2D eigenvalue weighted by molar-refractivity contribution is 4.97. The van der Waals surface area contributed by atoms with E-state index in [-0.39, 0.29) is 24.5 Å². The van der Waals surface area contributed by atoms with Gasteiger partial charge in [-0.1, -0.05) is 6.92 Å². The molecule has 0 aromatic rings. The molecule has 0 aliphatic heterocycles. The molecule has 0 aromatic carbocycles. The molecular weight excluding hydrogens is 168 g/mol. The van der Waals surface area contributed by atoms with Crippen LogP contribution >= 0.6 is 0 Å². The molecule has 1 saturated carbocycles. The molecule has 0 saturated heterocycles. The topological polar surface area (TPSA) is 60.7 Å². The molecule has 0 bridgehead atoms. The zero-order valence-electron chi connectivity index (χ0n) is 8.45. The molecule has 1 aliphatic carbocycles. The van der Waals surface area contributed by atoms with Gasteiger partial charge in [-0.15, -0.1) is 0 Å². The Bertz CT molecular complexity index is 179. The number of hydrogen-bond acceptors (Lipinski definition) is 3. The molecule has 0 amide bonds. The second-order valence-electron chi connectivity index (χ2n) is 4.76. The van der Waals surface area contributed by atoms with E-state index in [1.54, 1.807) is 6.92 Å². The van der Waals surface area contributed by atoms with Crippen LogP contribution in [0, 0.1) is 11.3 Å². The van der Waals surface area contributed by atoms with Gasteiger partial charge in [-0.2, -0.15) is 0 Å². The SMILES string of the molecule is C[C@@]1(CO)CCC[C@](C)(O)[C@@H]1CO. The minimum Gasteiger partial charge on any atom is -0.396 e. The first kappa shape index (κ1) is 11.0. The average Bonchev–Trinajstić information content (AvgIpc) is 2.03. The Balaban J connectivity index is 2.86. The Morgan fingerprint density at radius 3 is 2.23 bits per heavy atom. The van der Waals surface area contributed by atoms with Crippen LogP contribution < -0.4 is 0 Å². The van der Waals surface area contributed by atoms with Crippen LogP contribution in [0.2, 0.25) is 0 Å². The molecule has 13 heavy (non-hydrogen) atoms. The fraction of sp³-hybridized carbons (Fsp3) is 1.00. The van der Waals surface area contributed by atoms with Gasteiger partial charge in [0.1, 0.15) is 0 Å². The minimum absolute atomic E-state index is 0.0361. The van der Waals surface area contributed by atoms with Crippen LogP contribution in [-0.4, -0.2) is 34.1 Å². The van der Waals surface area contributed by atoms with Crippen LogP contribution in [-0.2, 0) is 0 Å². The van der Waals surface area contributed by atoms with Crippen molar-refractivity contribution in [1.82, 2.24) is 0 Å². The maximum atomic E-state index is 10.0. The largest absolute Gasteiger partial charge is 0.396 e. The molecule has 0 aromatic heterocycles. The number of hydrogen-bond donors (Lipinski definition) is 3. The summed E-state index contributed by atoms with van der Waals surface area (Å²) in [4.78, 5) is 0. The second-order valence-corrected chi connectivity index (χ2v) is 4.76. The van der Waals surface area contributed by atoms with E-state index in [9.17, 15) is 15.3 Å². The van der Waals surface area contributed by atoms with Gasteiger partial charge in [-0.3, -0.25) is 0 Å². The monoisotopic (exact) mass is 188 g/mol. The van der Waals surface area contributed by atoms with E-state index in [2.05, 4.69) is 0 Å². The fourth-order valence-corrected chi connectivity index (χ4v) is 2.56. The lowest BCUT2D eigenvalue weighted by atomic mass is 9.61. The molecule has 3 atom stereocenters. The van der Waals surface area contributed by atoms with Gasteiger partial charge in [0.2, 0.25) is 0 Å². The van der Waals surface area contributed by atoms with Crippen LogP contribution in [0.15, 0.2) is 0 Å². The Kier molecular flexibility index (Phi) is 3.00. The fourth-order valence-electron chi connectivity index (χ4n) is 2.56. The van der Waals surface area contributed by atoms with E-state index in [1.807, 2.05) is 6.92 Å². The van der Waals surface area contributed by atoms with Crippen LogP contribution in [0.3, 0.4) is 0 Å². The summed E-state index contributed by atoms with van der Waals surface area (Å²) in [6.07, 6.45) is 2.51. The van der Waals surface area contributed by atoms with Crippen LogP contribution in [0.4, 0.5) is 0 Å². The summed E-state index contributed by atoms with van der Waals surface area (Å²) in [5.41, 5.74) is -1.15. The maximum absolute atomic E-state index is 10.0. The lowest BCUT2D eigenvalue weighted by Gasteiger charge is -2.48. The molecule has 0 radical (unpaired) electrons. The van der Waals surface area contributed by atoms with E-state index in [0.29, 0.717) is 6.42 Å². The van der Waals surface area contributed by atoms with Gasteiger partial charge < -0.3 is 15.3 Å². The molecule has 78 valence electrons. The Hall–Kier alpha value is -0.120. The highest BCUT2D eigenvalue weighted by Gasteiger charge is 2.47. The molecular formula is C10H20O3. The smallest absolute Gasteiger partial charge is 0.0675 e. The quantitative estimate of drug-likeness (QED) is 0.592. The molecule has 1 rings (SSSR count). The second kappa shape index (κ2) is 3.56. The summed E-state index contributed by atoms with van der Waals surface area (Å²) in [5.74, 6) is -0.209. The van der Waals surface area contributed by atoms with Crippen molar-refractivity contribution in [2.24, 2.45) is 11.3 Å². The zero-order chi connectivity index (χ0) is 10.1. The zero-order valence-corrected chi connectivity index (χ0v) is 8.45. The predicted molar refractivity (Wildman–Crippen MR) is 50.2 cm³/mol. The first-order valence-corrected chi connectivity index (χ1v) is 4.90. The first-order valence-electron chi connectivity index (χ1n) is 4.90. The number of aliphatic hydroxyl groups is 3. The third-order valence-corrected chi connectivity index (χ3v) is 3.57. The van der Waals surface area contributed by atoms with Crippen molar-refractivity contribution in [2.45, 2.75) is 38.7 Å². The van der Waals surface area contributed by atoms with Crippen molar-refractivity contribution < 1.29 is 15.3 Å². The Labute approximate surface area is 79.4 Å². The maximum Gasteiger partial charge on any atom is 0.0675 e. The normalized spacial score (nSPS) is 46.4. The summed E-state index contributed by atoms with van der Waals surface area (Å²) in [7, 11) is 0. The highest BCUT2D eigenvalue weighted by Crippen LogP contribution is 2.45. The summed E-state index contributed by atoms with van der Waals surface area (Å²) in [5, 5.41) is 28.5. The van der Waals surface area contributed by atoms with Crippen molar-refractivity contribution in [1.29, 1.82) is 0 Å². The summed E-state index contributed by atoms with van der Waals surface area (Å²) in [6, 6.07) is 0. The van der Waals surface area contributed by atoms with Gasteiger partial charge in [-0.05, 0) is 31.6 Å². The third kappa shape index (κ3) is 1.87. The van der Waals surface area contributed by atoms with E-state index in [1.165, 1.54) is 0 Å². The average molecular weight is 188 g/mol. The molecule has 1 aliphatic rings. The van der Waals surface area contributed by atoms with Gasteiger partial charge in [0.05, 0.1) is 5.60 Å². The summed E-state index contributed by atoms with van der Waals surface area (Å²) < 4.78 is 0.